The second kappa shape index (κ2) is 4.78. The lowest BCUT2D eigenvalue weighted by Crippen LogP contribution is -1.93. The van der Waals surface area contributed by atoms with Crippen molar-refractivity contribution in [3.63, 3.8) is 0 Å². The van der Waals surface area contributed by atoms with E-state index in [1.807, 2.05) is 16.9 Å². The minimum absolute atomic E-state index is 1.07. The van der Waals surface area contributed by atoms with E-state index in [1.54, 1.807) is 6.20 Å². The van der Waals surface area contributed by atoms with Gasteiger partial charge in [0.2, 0.25) is 0 Å². The predicted molar refractivity (Wildman–Crippen MR) is 76.7 cm³/mol. The number of rotatable bonds is 2. The van der Waals surface area contributed by atoms with Gasteiger partial charge in [0.05, 0.1) is 5.69 Å². The van der Waals surface area contributed by atoms with Crippen molar-refractivity contribution in [3.8, 4) is 16.8 Å². The molecule has 2 nitrogen and oxygen atoms in total. The van der Waals surface area contributed by atoms with E-state index in [4.69, 9.17) is 0 Å². The monoisotopic (exact) mass is 298 g/mol. The van der Waals surface area contributed by atoms with Gasteiger partial charge in [-0.15, -0.1) is 0 Å². The van der Waals surface area contributed by atoms with E-state index in [0.29, 0.717) is 0 Å². The summed E-state index contributed by atoms with van der Waals surface area (Å²) >= 11 is 3.44. The Morgan fingerprint density at radius 3 is 2.00 bits per heavy atom. The molecule has 1 heterocycles. The van der Waals surface area contributed by atoms with Crippen LogP contribution in [0.2, 0.25) is 0 Å². The van der Waals surface area contributed by atoms with Crippen LogP contribution in [-0.2, 0) is 0 Å². The lowest BCUT2D eigenvalue weighted by atomic mass is 10.1. The van der Waals surface area contributed by atoms with Crippen LogP contribution in [0.1, 0.15) is 0 Å². The van der Waals surface area contributed by atoms with Crippen molar-refractivity contribution in [2.24, 2.45) is 0 Å². The number of aromatic nitrogens is 2. The fraction of sp³-hybridized carbons (Fsp3) is 0. The number of nitrogens with zero attached hydrogens (tertiary/aromatic N) is 2. The van der Waals surface area contributed by atoms with Crippen LogP contribution >= 0.6 is 15.9 Å². The Kier molecular flexibility index (Phi) is 2.99. The zero-order valence-corrected chi connectivity index (χ0v) is 11.2. The first-order chi connectivity index (χ1) is 8.83. The minimum Gasteiger partial charge on any atom is -0.241 e. The van der Waals surface area contributed by atoms with E-state index >= 15 is 0 Å². The van der Waals surface area contributed by atoms with Crippen molar-refractivity contribution in [2.45, 2.75) is 0 Å². The molecule has 0 radical (unpaired) electrons. The Hall–Kier alpha value is -1.87. The first-order valence-electron chi connectivity index (χ1n) is 5.69. The van der Waals surface area contributed by atoms with E-state index < -0.39 is 0 Å². The first kappa shape index (κ1) is 11.2. The molecule has 0 aliphatic heterocycles. The molecular formula is C15H11BrN2. The van der Waals surface area contributed by atoms with Crippen LogP contribution in [0.25, 0.3) is 16.8 Å². The summed E-state index contributed by atoms with van der Waals surface area (Å²) in [4.78, 5) is 0. The van der Waals surface area contributed by atoms with Gasteiger partial charge in [0.15, 0.2) is 0 Å². The number of benzene rings is 2. The summed E-state index contributed by atoms with van der Waals surface area (Å²) in [5.74, 6) is 0. The Bertz CT molecular complexity index is 625. The topological polar surface area (TPSA) is 17.8 Å². The highest BCUT2D eigenvalue weighted by molar-refractivity contribution is 9.10. The summed E-state index contributed by atoms with van der Waals surface area (Å²) in [7, 11) is 0. The van der Waals surface area contributed by atoms with Gasteiger partial charge in [0.1, 0.15) is 0 Å². The highest BCUT2D eigenvalue weighted by Crippen LogP contribution is 2.22. The summed E-state index contributed by atoms with van der Waals surface area (Å²) in [6.07, 6.45) is 3.72. The summed E-state index contributed by atoms with van der Waals surface area (Å²) in [6.45, 7) is 0. The summed E-state index contributed by atoms with van der Waals surface area (Å²) in [5.41, 5.74) is 3.49. The quantitative estimate of drug-likeness (QED) is 0.690. The molecule has 0 N–H and O–H groups in total. The Morgan fingerprint density at radius 1 is 0.833 bits per heavy atom. The number of hydrogen-bond acceptors (Lipinski definition) is 1. The van der Waals surface area contributed by atoms with E-state index in [-0.39, 0.29) is 0 Å². The van der Waals surface area contributed by atoms with Crippen molar-refractivity contribution < 1.29 is 0 Å². The molecule has 0 bridgehead atoms. The normalized spacial score (nSPS) is 10.5. The Morgan fingerprint density at radius 2 is 1.44 bits per heavy atom. The second-order valence-electron chi connectivity index (χ2n) is 4.00. The molecule has 1 aromatic heterocycles. The molecule has 0 amide bonds. The largest absolute Gasteiger partial charge is 0.241 e. The molecule has 88 valence electrons. The van der Waals surface area contributed by atoms with Crippen molar-refractivity contribution >= 4 is 15.9 Å². The predicted octanol–water partition coefficient (Wildman–Crippen LogP) is 4.30. The van der Waals surface area contributed by atoms with Gasteiger partial charge in [0.25, 0.3) is 0 Å². The summed E-state index contributed by atoms with van der Waals surface area (Å²) < 4.78 is 2.95. The molecule has 0 atom stereocenters. The van der Waals surface area contributed by atoms with Crippen molar-refractivity contribution in [3.05, 3.63) is 71.5 Å². The third-order valence-corrected chi connectivity index (χ3v) is 3.34. The molecule has 0 aliphatic rings. The van der Waals surface area contributed by atoms with Crippen LogP contribution in [0.5, 0.6) is 0 Å². The molecule has 0 saturated heterocycles. The summed E-state index contributed by atoms with van der Waals surface area (Å²) in [5, 5.41) is 4.21. The van der Waals surface area contributed by atoms with Crippen LogP contribution in [0, 0.1) is 0 Å². The maximum absolute atomic E-state index is 4.21. The zero-order valence-electron chi connectivity index (χ0n) is 9.62. The molecular weight excluding hydrogens is 288 g/mol. The third-order valence-electron chi connectivity index (χ3n) is 2.81. The Balaban J connectivity index is 1.94. The Labute approximate surface area is 114 Å². The van der Waals surface area contributed by atoms with Gasteiger partial charge >= 0.3 is 0 Å². The lowest BCUT2D eigenvalue weighted by Gasteiger charge is -2.04. The van der Waals surface area contributed by atoms with Crippen LogP contribution in [-0.4, -0.2) is 9.78 Å². The molecule has 0 fully saturated rings. The second-order valence-corrected chi connectivity index (χ2v) is 4.92. The van der Waals surface area contributed by atoms with Gasteiger partial charge in [-0.05, 0) is 41.5 Å². The van der Waals surface area contributed by atoms with Gasteiger partial charge in [-0.25, -0.2) is 4.68 Å². The molecule has 0 unspecified atom stereocenters. The van der Waals surface area contributed by atoms with Crippen LogP contribution in [0.15, 0.2) is 71.5 Å². The average Bonchev–Trinajstić information content (AvgIpc) is 2.94. The molecule has 2 aromatic carbocycles. The smallest absolute Gasteiger partial charge is 0.0645 e. The van der Waals surface area contributed by atoms with E-state index in [9.17, 15) is 0 Å². The number of halogens is 1. The van der Waals surface area contributed by atoms with E-state index in [1.165, 1.54) is 11.1 Å². The van der Waals surface area contributed by atoms with Gasteiger partial charge < -0.3 is 0 Å². The van der Waals surface area contributed by atoms with E-state index in [0.717, 1.165) is 10.2 Å². The average molecular weight is 299 g/mol. The molecule has 0 aliphatic carbocycles. The van der Waals surface area contributed by atoms with Gasteiger partial charge in [0, 0.05) is 16.9 Å². The molecule has 18 heavy (non-hydrogen) atoms. The lowest BCUT2D eigenvalue weighted by molar-refractivity contribution is 0.881. The molecule has 3 aromatic rings. The highest BCUT2D eigenvalue weighted by Gasteiger charge is 1.99. The SMILES string of the molecule is Brc1ccc(-c2ccc(-n3cccn3)cc2)cc1. The van der Waals surface area contributed by atoms with Gasteiger partial charge in [-0.2, -0.15) is 5.10 Å². The fourth-order valence-electron chi connectivity index (χ4n) is 1.87. The molecule has 3 heteroatoms. The molecule has 0 saturated carbocycles. The first-order valence-corrected chi connectivity index (χ1v) is 6.48. The van der Waals surface area contributed by atoms with E-state index in [2.05, 4.69) is 69.6 Å². The van der Waals surface area contributed by atoms with Crippen LogP contribution in [0.3, 0.4) is 0 Å². The molecule has 0 spiro atoms. The van der Waals surface area contributed by atoms with Gasteiger partial charge in [-0.3, -0.25) is 0 Å². The third kappa shape index (κ3) is 2.22. The standard InChI is InChI=1S/C15H11BrN2/c16-14-6-2-12(3-7-14)13-4-8-15(9-5-13)18-11-1-10-17-18/h1-11H. The van der Waals surface area contributed by atoms with Crippen molar-refractivity contribution in [1.82, 2.24) is 9.78 Å². The minimum atomic E-state index is 1.07. The summed E-state index contributed by atoms with van der Waals surface area (Å²) in [6, 6.07) is 18.6. The van der Waals surface area contributed by atoms with Gasteiger partial charge in [-0.1, -0.05) is 40.2 Å². The van der Waals surface area contributed by atoms with Crippen molar-refractivity contribution in [2.75, 3.05) is 0 Å². The zero-order chi connectivity index (χ0) is 12.4. The van der Waals surface area contributed by atoms with Crippen molar-refractivity contribution in [1.29, 1.82) is 0 Å². The number of hydrogen-bond donors (Lipinski definition) is 0. The fourth-order valence-corrected chi connectivity index (χ4v) is 2.13. The molecule has 3 rings (SSSR count). The van der Waals surface area contributed by atoms with Crippen LogP contribution in [0.4, 0.5) is 0 Å². The highest BCUT2D eigenvalue weighted by atomic mass is 79.9. The maximum Gasteiger partial charge on any atom is 0.0645 e. The maximum atomic E-state index is 4.21. The van der Waals surface area contributed by atoms with Crippen LogP contribution < -0.4 is 0 Å².